The van der Waals surface area contributed by atoms with Crippen LogP contribution in [0.1, 0.15) is 36.1 Å². The third-order valence-corrected chi connectivity index (χ3v) is 6.42. The van der Waals surface area contributed by atoms with Gasteiger partial charge in [0.15, 0.2) is 0 Å². The highest BCUT2D eigenvalue weighted by molar-refractivity contribution is 7.10. The Morgan fingerprint density at radius 1 is 1.22 bits per heavy atom. The summed E-state index contributed by atoms with van der Waals surface area (Å²) >= 11 is 1.63. The number of halogens is 3. The Bertz CT molecular complexity index is 793. The summed E-state index contributed by atoms with van der Waals surface area (Å²) in [5.74, 6) is 0.289. The molecule has 4 rings (SSSR count). The van der Waals surface area contributed by atoms with Crippen molar-refractivity contribution in [1.29, 1.82) is 0 Å². The number of amides is 1. The first-order chi connectivity index (χ1) is 12.9. The molecule has 1 aliphatic carbocycles. The van der Waals surface area contributed by atoms with Crippen LogP contribution in [0, 0.1) is 0 Å². The molecular formula is C19H19F3N2O2S. The first-order valence-electron chi connectivity index (χ1n) is 8.92. The summed E-state index contributed by atoms with van der Waals surface area (Å²) in [6.07, 6.45) is -0.0484. The van der Waals surface area contributed by atoms with Crippen LogP contribution in [-0.4, -0.2) is 35.0 Å². The number of rotatable bonds is 4. The van der Waals surface area contributed by atoms with Gasteiger partial charge in [0.25, 0.3) is 0 Å². The number of pyridine rings is 1. The summed E-state index contributed by atoms with van der Waals surface area (Å²) < 4.78 is 43.3. The van der Waals surface area contributed by atoms with Gasteiger partial charge in [-0.15, -0.1) is 11.3 Å². The van der Waals surface area contributed by atoms with Gasteiger partial charge in [0.1, 0.15) is 6.10 Å². The second-order valence-corrected chi connectivity index (χ2v) is 8.05. The molecule has 3 heterocycles. The zero-order valence-electron chi connectivity index (χ0n) is 14.5. The van der Waals surface area contributed by atoms with Crippen LogP contribution < -0.4 is 4.74 Å². The summed E-state index contributed by atoms with van der Waals surface area (Å²) in [5, 5.41) is 2.00. The molecule has 0 N–H and O–H groups in total. The van der Waals surface area contributed by atoms with Gasteiger partial charge in [-0.2, -0.15) is 13.2 Å². The van der Waals surface area contributed by atoms with Crippen molar-refractivity contribution < 1.29 is 22.7 Å². The molecule has 2 aromatic rings. The molecule has 0 atom stereocenters. The van der Waals surface area contributed by atoms with Crippen molar-refractivity contribution in [2.45, 2.75) is 43.4 Å². The van der Waals surface area contributed by atoms with Gasteiger partial charge in [-0.05, 0) is 30.4 Å². The third-order valence-electron chi connectivity index (χ3n) is 5.35. The van der Waals surface area contributed by atoms with Crippen LogP contribution in [0.25, 0.3) is 0 Å². The maximum atomic E-state index is 13.1. The lowest BCUT2D eigenvalue weighted by molar-refractivity contribution is -0.146. The summed E-state index contributed by atoms with van der Waals surface area (Å²) in [6, 6.07) is 6.19. The predicted molar refractivity (Wildman–Crippen MR) is 94.7 cm³/mol. The molecule has 1 saturated carbocycles. The van der Waals surface area contributed by atoms with E-state index in [0.29, 0.717) is 13.1 Å². The number of likely N-dealkylation sites (tertiary alicyclic amines) is 1. The zero-order chi connectivity index (χ0) is 19.1. The maximum Gasteiger partial charge on any atom is 0.417 e. The average molecular weight is 396 g/mol. The van der Waals surface area contributed by atoms with Crippen LogP contribution in [0.5, 0.6) is 5.88 Å². The fourth-order valence-corrected chi connectivity index (χ4v) is 4.84. The van der Waals surface area contributed by atoms with E-state index in [9.17, 15) is 18.0 Å². The van der Waals surface area contributed by atoms with Crippen LogP contribution in [0.3, 0.4) is 0 Å². The number of nitrogens with zero attached hydrogens (tertiary/aromatic N) is 2. The molecule has 1 aliphatic heterocycles. The van der Waals surface area contributed by atoms with E-state index in [-0.39, 0.29) is 17.9 Å². The topological polar surface area (TPSA) is 42.4 Å². The monoisotopic (exact) mass is 396 g/mol. The van der Waals surface area contributed by atoms with Gasteiger partial charge >= 0.3 is 6.18 Å². The highest BCUT2D eigenvalue weighted by Gasteiger charge is 2.48. The van der Waals surface area contributed by atoms with Gasteiger partial charge in [-0.25, -0.2) is 4.98 Å². The van der Waals surface area contributed by atoms with Crippen LogP contribution >= 0.6 is 11.3 Å². The number of aromatic nitrogens is 1. The van der Waals surface area contributed by atoms with Crippen molar-refractivity contribution in [1.82, 2.24) is 9.88 Å². The Kier molecular flexibility index (Phi) is 4.61. The van der Waals surface area contributed by atoms with E-state index in [2.05, 4.69) is 4.98 Å². The van der Waals surface area contributed by atoms with E-state index in [0.717, 1.165) is 42.8 Å². The number of alkyl halides is 3. The first kappa shape index (κ1) is 18.3. The van der Waals surface area contributed by atoms with Gasteiger partial charge in [0, 0.05) is 17.1 Å². The van der Waals surface area contributed by atoms with Crippen molar-refractivity contribution in [2.75, 3.05) is 13.1 Å². The highest BCUT2D eigenvalue weighted by atomic mass is 32.1. The lowest BCUT2D eigenvalue weighted by Crippen LogP contribution is -2.60. The van der Waals surface area contributed by atoms with E-state index in [1.54, 1.807) is 16.2 Å². The second kappa shape index (κ2) is 6.82. The van der Waals surface area contributed by atoms with E-state index in [1.807, 2.05) is 17.5 Å². The minimum Gasteiger partial charge on any atom is -0.471 e. The molecule has 0 unspecified atom stereocenters. The molecule has 1 amide bonds. The number of hydrogen-bond acceptors (Lipinski definition) is 4. The van der Waals surface area contributed by atoms with E-state index < -0.39 is 17.2 Å². The standard InChI is InChI=1S/C19H19F3N2O2S/c20-19(21,22)13-5-6-16(23-10-13)26-14-11-24(12-14)17(25)18(7-1-2-8-18)15-4-3-9-27-15/h3-6,9-10,14H,1-2,7-8,11-12H2. The van der Waals surface area contributed by atoms with Crippen molar-refractivity contribution in [2.24, 2.45) is 0 Å². The van der Waals surface area contributed by atoms with E-state index in [1.165, 1.54) is 6.07 Å². The number of hydrogen-bond donors (Lipinski definition) is 0. The fraction of sp³-hybridized carbons (Fsp3) is 0.474. The molecule has 1 saturated heterocycles. The molecule has 2 aliphatic rings. The Morgan fingerprint density at radius 2 is 1.96 bits per heavy atom. The molecule has 27 heavy (non-hydrogen) atoms. The number of carbonyl (C=O) groups excluding carboxylic acids is 1. The van der Waals surface area contributed by atoms with Gasteiger partial charge in [0.2, 0.25) is 11.8 Å². The van der Waals surface area contributed by atoms with Gasteiger partial charge < -0.3 is 9.64 Å². The summed E-state index contributed by atoms with van der Waals surface area (Å²) in [6.45, 7) is 0.878. The Balaban J connectivity index is 1.37. The van der Waals surface area contributed by atoms with Crippen LogP contribution in [0.4, 0.5) is 13.2 Å². The van der Waals surface area contributed by atoms with E-state index in [4.69, 9.17) is 4.74 Å². The fourth-order valence-electron chi connectivity index (χ4n) is 3.86. The van der Waals surface area contributed by atoms with Gasteiger partial charge in [0.05, 0.1) is 24.1 Å². The van der Waals surface area contributed by atoms with Crippen molar-refractivity contribution in [3.8, 4) is 5.88 Å². The molecular weight excluding hydrogens is 377 g/mol. The van der Waals surface area contributed by atoms with Gasteiger partial charge in [-0.3, -0.25) is 4.79 Å². The molecule has 144 valence electrons. The molecule has 8 heteroatoms. The summed E-state index contributed by atoms with van der Waals surface area (Å²) in [7, 11) is 0. The molecule has 0 bridgehead atoms. The number of ether oxygens (including phenoxy) is 1. The average Bonchev–Trinajstić information content (AvgIpc) is 3.28. The lowest BCUT2D eigenvalue weighted by Gasteiger charge is -2.43. The number of carbonyl (C=O) groups is 1. The Hall–Kier alpha value is -2.09. The Labute approximate surface area is 159 Å². The molecule has 4 nitrogen and oxygen atoms in total. The minimum absolute atomic E-state index is 0.141. The quantitative estimate of drug-likeness (QED) is 0.775. The van der Waals surface area contributed by atoms with Crippen molar-refractivity contribution >= 4 is 17.2 Å². The predicted octanol–water partition coefficient (Wildman–Crippen LogP) is 4.26. The maximum absolute atomic E-state index is 13.1. The highest BCUT2D eigenvalue weighted by Crippen LogP contribution is 2.45. The third kappa shape index (κ3) is 3.42. The smallest absolute Gasteiger partial charge is 0.417 e. The molecule has 0 radical (unpaired) electrons. The number of thiophene rings is 1. The largest absolute Gasteiger partial charge is 0.471 e. The lowest BCUT2D eigenvalue weighted by atomic mass is 9.82. The van der Waals surface area contributed by atoms with Gasteiger partial charge in [-0.1, -0.05) is 18.9 Å². The van der Waals surface area contributed by atoms with Crippen LogP contribution in [-0.2, 0) is 16.4 Å². The normalized spacial score (nSPS) is 19.7. The summed E-state index contributed by atoms with van der Waals surface area (Å²) in [4.78, 5) is 19.8. The first-order valence-corrected chi connectivity index (χ1v) is 9.80. The zero-order valence-corrected chi connectivity index (χ0v) is 15.4. The second-order valence-electron chi connectivity index (χ2n) is 7.10. The molecule has 0 spiro atoms. The van der Waals surface area contributed by atoms with Crippen LogP contribution in [0.2, 0.25) is 0 Å². The molecule has 2 fully saturated rings. The SMILES string of the molecule is O=C(N1CC(Oc2ccc(C(F)(F)F)cn2)C1)C1(c2cccs2)CCCC1. The molecule has 2 aromatic heterocycles. The summed E-state index contributed by atoms with van der Waals surface area (Å²) in [5.41, 5.74) is -1.22. The van der Waals surface area contributed by atoms with Crippen molar-refractivity contribution in [3.05, 3.63) is 46.3 Å². The van der Waals surface area contributed by atoms with Crippen LogP contribution in [0.15, 0.2) is 35.8 Å². The molecule has 0 aromatic carbocycles. The Morgan fingerprint density at radius 3 is 2.52 bits per heavy atom. The van der Waals surface area contributed by atoms with Crippen molar-refractivity contribution in [3.63, 3.8) is 0 Å². The minimum atomic E-state index is -4.41. The van der Waals surface area contributed by atoms with E-state index >= 15 is 0 Å².